The minimum atomic E-state index is -0.798. The number of rotatable bonds is 5. The van der Waals surface area contributed by atoms with Crippen LogP contribution in [0.2, 0.25) is 0 Å². The molecule has 0 fully saturated rings. The first-order chi connectivity index (χ1) is 9.49. The van der Waals surface area contributed by atoms with Crippen molar-refractivity contribution < 1.29 is 14.1 Å². The zero-order valence-corrected chi connectivity index (χ0v) is 11.4. The molecular weight excluding hydrogens is 287 g/mol. The lowest BCUT2D eigenvalue weighted by Gasteiger charge is -2.08. The zero-order valence-electron chi connectivity index (χ0n) is 10.5. The van der Waals surface area contributed by atoms with Gasteiger partial charge in [-0.1, -0.05) is 11.3 Å². The lowest BCUT2D eigenvalue weighted by molar-refractivity contribution is -0.385. The normalized spacial score (nSPS) is 10.5. The van der Waals surface area contributed by atoms with E-state index < -0.39 is 10.7 Å². The Morgan fingerprint density at radius 2 is 2.25 bits per heavy atom. The first kappa shape index (κ1) is 14.2. The van der Waals surface area contributed by atoms with Crippen LogP contribution in [0.4, 0.5) is 10.1 Å². The van der Waals surface area contributed by atoms with Crippen LogP contribution in [-0.4, -0.2) is 16.1 Å². The van der Waals surface area contributed by atoms with Gasteiger partial charge in [0, 0.05) is 17.1 Å². The molecule has 106 valence electrons. The van der Waals surface area contributed by atoms with Gasteiger partial charge in [-0.15, -0.1) is 0 Å². The fraction of sp³-hybridized carbons (Fsp3) is 0.250. The molecule has 0 radical (unpaired) electrons. The number of thiazole rings is 1. The number of ether oxygens (including phenoxy) is 1. The van der Waals surface area contributed by atoms with Gasteiger partial charge in [-0.05, 0) is 13.0 Å². The Bertz CT molecular complexity index is 695. The van der Waals surface area contributed by atoms with E-state index >= 15 is 0 Å². The largest absolute Gasteiger partial charge is 0.489 e. The van der Waals surface area contributed by atoms with Crippen LogP contribution in [0.25, 0.3) is 0 Å². The molecule has 2 aromatic rings. The van der Waals surface area contributed by atoms with Gasteiger partial charge >= 0.3 is 4.87 Å². The Labute approximate surface area is 117 Å². The quantitative estimate of drug-likeness (QED) is 0.627. The summed E-state index contributed by atoms with van der Waals surface area (Å²) in [4.78, 5) is 21.1. The molecule has 6 nitrogen and oxygen atoms in total. The Balaban J connectivity index is 2.01. The molecule has 20 heavy (non-hydrogen) atoms. The first-order valence-electron chi connectivity index (χ1n) is 5.70. The summed E-state index contributed by atoms with van der Waals surface area (Å²) in [6.07, 6.45) is 0. The number of nitro benzene ring substituents is 1. The third-order valence-electron chi connectivity index (χ3n) is 2.68. The smallest absolute Gasteiger partial charge is 0.307 e. The number of aromatic nitrogens is 1. The van der Waals surface area contributed by atoms with Gasteiger partial charge in [0.05, 0.1) is 17.5 Å². The maximum absolute atomic E-state index is 13.5. The van der Waals surface area contributed by atoms with E-state index in [2.05, 4.69) is 0 Å². The van der Waals surface area contributed by atoms with Gasteiger partial charge in [0.15, 0.2) is 11.6 Å². The van der Waals surface area contributed by atoms with Crippen molar-refractivity contribution in [1.82, 2.24) is 4.57 Å². The van der Waals surface area contributed by atoms with Gasteiger partial charge in [0.1, 0.15) is 6.61 Å². The highest BCUT2D eigenvalue weighted by molar-refractivity contribution is 7.07. The van der Waals surface area contributed by atoms with Crippen LogP contribution in [0.5, 0.6) is 5.75 Å². The molecule has 0 aliphatic heterocycles. The number of hydrogen-bond donors (Lipinski definition) is 0. The minimum absolute atomic E-state index is 0.0727. The molecule has 0 bridgehead atoms. The Morgan fingerprint density at radius 1 is 1.50 bits per heavy atom. The summed E-state index contributed by atoms with van der Waals surface area (Å²) in [6, 6.07) is 3.18. The van der Waals surface area contributed by atoms with Crippen molar-refractivity contribution in [3.05, 3.63) is 54.9 Å². The maximum atomic E-state index is 13.5. The van der Waals surface area contributed by atoms with Gasteiger partial charge in [-0.2, -0.15) is 0 Å². The van der Waals surface area contributed by atoms with Gasteiger partial charge in [-0.25, -0.2) is 4.39 Å². The molecule has 0 unspecified atom stereocenters. The van der Waals surface area contributed by atoms with Crippen molar-refractivity contribution in [3.63, 3.8) is 0 Å². The van der Waals surface area contributed by atoms with Crippen molar-refractivity contribution in [2.24, 2.45) is 0 Å². The topological polar surface area (TPSA) is 74.4 Å². The first-order valence-corrected chi connectivity index (χ1v) is 6.58. The number of nitro groups is 1. The van der Waals surface area contributed by atoms with Crippen molar-refractivity contribution in [2.45, 2.75) is 13.5 Å². The Hall–Kier alpha value is -2.22. The number of aryl methyl sites for hydroxylation is 1. The molecule has 8 heteroatoms. The second kappa shape index (κ2) is 5.83. The van der Waals surface area contributed by atoms with Crippen LogP contribution in [0.3, 0.4) is 0 Å². The number of nitrogens with zero attached hydrogens (tertiary/aromatic N) is 2. The molecule has 0 N–H and O–H groups in total. The lowest BCUT2D eigenvalue weighted by Crippen LogP contribution is -2.19. The molecular formula is C12H11FN2O4S. The van der Waals surface area contributed by atoms with Gasteiger partial charge in [-0.3, -0.25) is 19.5 Å². The third-order valence-corrected chi connectivity index (χ3v) is 3.56. The van der Waals surface area contributed by atoms with Crippen LogP contribution >= 0.6 is 11.3 Å². The molecule has 0 saturated heterocycles. The highest BCUT2D eigenvalue weighted by Crippen LogP contribution is 2.22. The summed E-state index contributed by atoms with van der Waals surface area (Å²) < 4.78 is 20.3. The van der Waals surface area contributed by atoms with Gasteiger partial charge in [0.25, 0.3) is 5.69 Å². The van der Waals surface area contributed by atoms with Crippen molar-refractivity contribution >= 4 is 17.0 Å². The van der Waals surface area contributed by atoms with E-state index in [1.54, 1.807) is 12.3 Å². The highest BCUT2D eigenvalue weighted by Gasteiger charge is 2.11. The molecule has 0 spiro atoms. The number of halogens is 1. The fourth-order valence-electron chi connectivity index (χ4n) is 1.64. The Morgan fingerprint density at radius 3 is 2.80 bits per heavy atom. The molecule has 0 saturated carbocycles. The van der Waals surface area contributed by atoms with Crippen molar-refractivity contribution in [1.29, 1.82) is 0 Å². The molecule has 0 amide bonds. The van der Waals surface area contributed by atoms with E-state index in [1.165, 1.54) is 16.7 Å². The second-order valence-electron chi connectivity index (χ2n) is 4.01. The molecule has 0 aliphatic rings. The van der Waals surface area contributed by atoms with Crippen LogP contribution in [0.1, 0.15) is 5.69 Å². The Kier molecular flexibility index (Phi) is 4.14. The van der Waals surface area contributed by atoms with Crippen LogP contribution in [0, 0.1) is 22.9 Å². The van der Waals surface area contributed by atoms with E-state index in [4.69, 9.17) is 4.74 Å². The predicted octanol–water partition coefficient (Wildman–Crippen LogP) is 2.34. The van der Waals surface area contributed by atoms with E-state index in [0.717, 1.165) is 23.1 Å². The monoisotopic (exact) mass is 298 g/mol. The average molecular weight is 298 g/mol. The zero-order chi connectivity index (χ0) is 14.7. The van der Waals surface area contributed by atoms with E-state index in [9.17, 15) is 19.3 Å². The van der Waals surface area contributed by atoms with Gasteiger partial charge in [0.2, 0.25) is 0 Å². The molecule has 2 rings (SSSR count). The van der Waals surface area contributed by atoms with E-state index in [0.29, 0.717) is 6.54 Å². The van der Waals surface area contributed by atoms with E-state index in [1.807, 2.05) is 0 Å². The second-order valence-corrected chi connectivity index (χ2v) is 4.84. The van der Waals surface area contributed by atoms with Crippen LogP contribution in [-0.2, 0) is 6.54 Å². The lowest BCUT2D eigenvalue weighted by atomic mass is 10.3. The molecule has 1 aromatic heterocycles. The van der Waals surface area contributed by atoms with Gasteiger partial charge < -0.3 is 4.74 Å². The fourth-order valence-corrected chi connectivity index (χ4v) is 2.40. The van der Waals surface area contributed by atoms with Crippen LogP contribution in [0.15, 0.2) is 28.4 Å². The third kappa shape index (κ3) is 3.02. The van der Waals surface area contributed by atoms with Crippen molar-refractivity contribution in [2.75, 3.05) is 6.61 Å². The summed E-state index contributed by atoms with van der Waals surface area (Å²) in [5.74, 6) is -0.870. The highest BCUT2D eigenvalue weighted by atomic mass is 32.1. The summed E-state index contributed by atoms with van der Waals surface area (Å²) in [7, 11) is 0. The molecule has 0 aliphatic carbocycles. The number of benzene rings is 1. The average Bonchev–Trinajstić information content (AvgIpc) is 2.71. The maximum Gasteiger partial charge on any atom is 0.307 e. The number of non-ortho nitro benzene ring substituents is 1. The number of hydrogen-bond acceptors (Lipinski definition) is 5. The van der Waals surface area contributed by atoms with E-state index in [-0.39, 0.29) is 22.9 Å². The summed E-state index contributed by atoms with van der Waals surface area (Å²) >= 11 is 1.09. The standard InChI is InChI=1S/C12H11FN2O4S/c1-8-7-20-12(16)14(8)4-5-19-11-3-2-9(15(17)18)6-10(11)13/h2-3,6-7H,4-5H2,1H3. The summed E-state index contributed by atoms with van der Waals surface area (Å²) in [5.41, 5.74) is 0.479. The minimum Gasteiger partial charge on any atom is -0.489 e. The molecule has 1 heterocycles. The molecule has 0 atom stereocenters. The molecule has 1 aromatic carbocycles. The summed E-state index contributed by atoms with van der Waals surface area (Å²) in [6.45, 7) is 2.20. The van der Waals surface area contributed by atoms with Crippen LogP contribution < -0.4 is 9.61 Å². The predicted molar refractivity (Wildman–Crippen MR) is 71.9 cm³/mol. The summed E-state index contributed by atoms with van der Waals surface area (Å²) in [5, 5.41) is 12.2. The SMILES string of the molecule is Cc1csc(=O)n1CCOc1ccc([N+](=O)[O-])cc1F. The van der Waals surface area contributed by atoms with Crippen molar-refractivity contribution in [3.8, 4) is 5.75 Å².